The number of hydrogen-bond acceptors (Lipinski definition) is 5. The monoisotopic (exact) mass is 443 g/mol. The van der Waals surface area contributed by atoms with Gasteiger partial charge < -0.3 is 24.6 Å². The summed E-state index contributed by atoms with van der Waals surface area (Å²) in [5, 5.41) is 12.0. The van der Waals surface area contributed by atoms with E-state index in [0.29, 0.717) is 22.6 Å². The molecule has 168 valence electrons. The normalized spacial score (nSPS) is 11.6. The number of hydrogen-bond donors (Lipinski definition) is 2. The number of aliphatic hydroxyl groups is 1. The zero-order valence-electron chi connectivity index (χ0n) is 18.6. The Kier molecular flexibility index (Phi) is 6.82. The molecule has 1 amide bonds. The third-order valence-corrected chi connectivity index (χ3v) is 5.63. The van der Waals surface area contributed by atoms with Crippen LogP contribution in [0.25, 0.3) is 11.1 Å². The highest BCUT2D eigenvalue weighted by Gasteiger charge is 2.28. The van der Waals surface area contributed by atoms with Gasteiger partial charge in [0.05, 0.1) is 27.4 Å². The fourth-order valence-electron chi connectivity index (χ4n) is 4.08. The predicted octanol–water partition coefficient (Wildman–Crippen LogP) is 4.09. The molecule has 0 bridgehead atoms. The van der Waals surface area contributed by atoms with Crippen molar-refractivity contribution in [2.24, 2.45) is 0 Å². The number of fused-ring (bicyclic) bond motifs is 3. The lowest BCUT2D eigenvalue weighted by molar-refractivity contribution is 0.144. The molecule has 0 aromatic heterocycles. The van der Waals surface area contributed by atoms with Crippen LogP contribution in [0.15, 0.2) is 60.7 Å². The summed E-state index contributed by atoms with van der Waals surface area (Å²) in [6.07, 6.45) is -0.527. The number of carbonyl (C=O) groups excluding carboxylic acids is 1. The molecule has 0 unspecified atom stereocenters. The maximum absolute atomic E-state index is 12.3. The van der Waals surface area contributed by atoms with Crippen molar-refractivity contribution in [2.75, 3.05) is 27.4 Å². The third kappa shape index (κ3) is 4.64. The van der Waals surface area contributed by atoms with Crippen LogP contribution in [0.4, 0.5) is 4.79 Å². The van der Waals surface area contributed by atoms with Gasteiger partial charge in [-0.15, -0.1) is 0 Å². The molecule has 3 aromatic carbocycles. The molecule has 0 atom stereocenters. The van der Waals surface area contributed by atoms with E-state index >= 15 is 0 Å². The summed E-state index contributed by atoms with van der Waals surface area (Å²) in [4.78, 5) is 12.3. The highest BCUT2D eigenvalue weighted by atomic mass is 16.5. The number of alkyl carbamates (subject to hydrolysis) is 1. The number of aliphatic hydroxyl groups excluding tert-OH is 1. The summed E-state index contributed by atoms with van der Waals surface area (Å²) in [5.41, 5.74) is 5.90. The van der Waals surface area contributed by atoms with E-state index in [1.54, 1.807) is 12.1 Å². The van der Waals surface area contributed by atoms with Crippen molar-refractivity contribution in [2.45, 2.75) is 12.5 Å². The van der Waals surface area contributed by atoms with Gasteiger partial charge in [-0.2, -0.15) is 0 Å². The van der Waals surface area contributed by atoms with Crippen LogP contribution in [0.5, 0.6) is 11.5 Å². The zero-order valence-corrected chi connectivity index (χ0v) is 18.6. The number of amides is 1. The minimum Gasteiger partial charge on any atom is -0.495 e. The molecular weight excluding hydrogens is 418 g/mol. The van der Waals surface area contributed by atoms with E-state index in [4.69, 9.17) is 14.2 Å². The minimum atomic E-state index is -0.527. The van der Waals surface area contributed by atoms with Gasteiger partial charge in [-0.05, 0) is 39.9 Å². The van der Waals surface area contributed by atoms with Crippen LogP contribution in [0.2, 0.25) is 0 Å². The fourth-order valence-corrected chi connectivity index (χ4v) is 4.08. The molecule has 0 spiro atoms. The van der Waals surface area contributed by atoms with Crippen molar-refractivity contribution >= 4 is 6.09 Å². The number of carbonyl (C=O) groups is 1. The van der Waals surface area contributed by atoms with Crippen LogP contribution in [0, 0.1) is 11.8 Å². The first kappa shape index (κ1) is 22.3. The summed E-state index contributed by atoms with van der Waals surface area (Å²) in [6.45, 7) is 0.214. The topological polar surface area (TPSA) is 77.0 Å². The van der Waals surface area contributed by atoms with Gasteiger partial charge in [-0.3, -0.25) is 0 Å². The second-order valence-electron chi connectivity index (χ2n) is 7.51. The highest BCUT2D eigenvalue weighted by molar-refractivity contribution is 5.79. The molecule has 6 heteroatoms. The van der Waals surface area contributed by atoms with Crippen molar-refractivity contribution in [1.29, 1.82) is 0 Å². The number of rotatable bonds is 6. The number of benzene rings is 3. The van der Waals surface area contributed by atoms with Crippen LogP contribution >= 0.6 is 0 Å². The van der Waals surface area contributed by atoms with E-state index in [1.807, 2.05) is 24.3 Å². The van der Waals surface area contributed by atoms with Crippen LogP contribution in [-0.2, 0) is 11.3 Å². The Balaban J connectivity index is 1.38. The summed E-state index contributed by atoms with van der Waals surface area (Å²) >= 11 is 0. The molecule has 0 saturated carbocycles. The molecule has 1 aliphatic carbocycles. The van der Waals surface area contributed by atoms with Gasteiger partial charge in [0, 0.05) is 5.92 Å². The first-order valence-corrected chi connectivity index (χ1v) is 10.6. The van der Waals surface area contributed by atoms with E-state index in [9.17, 15) is 9.90 Å². The predicted molar refractivity (Wildman–Crippen MR) is 125 cm³/mol. The third-order valence-electron chi connectivity index (χ3n) is 5.63. The van der Waals surface area contributed by atoms with Crippen molar-refractivity contribution in [3.63, 3.8) is 0 Å². The van der Waals surface area contributed by atoms with Gasteiger partial charge >= 0.3 is 6.09 Å². The van der Waals surface area contributed by atoms with Gasteiger partial charge in [0.25, 0.3) is 0 Å². The lowest BCUT2D eigenvalue weighted by atomic mass is 9.98. The first-order chi connectivity index (χ1) is 16.2. The summed E-state index contributed by atoms with van der Waals surface area (Å²) in [7, 11) is 3.05. The van der Waals surface area contributed by atoms with E-state index in [1.165, 1.54) is 25.3 Å². The molecule has 3 aromatic rings. The Morgan fingerprint density at radius 1 is 0.970 bits per heavy atom. The lowest BCUT2D eigenvalue weighted by Gasteiger charge is -2.14. The molecule has 4 rings (SSSR count). The summed E-state index contributed by atoms with van der Waals surface area (Å²) in [6, 6.07) is 19.8. The molecule has 6 nitrogen and oxygen atoms in total. The van der Waals surface area contributed by atoms with E-state index < -0.39 is 6.09 Å². The quantitative estimate of drug-likeness (QED) is 0.562. The van der Waals surface area contributed by atoms with Crippen molar-refractivity contribution in [1.82, 2.24) is 5.32 Å². The van der Waals surface area contributed by atoms with Crippen LogP contribution in [0.1, 0.15) is 28.2 Å². The molecule has 0 aliphatic heterocycles. The van der Waals surface area contributed by atoms with Gasteiger partial charge in [-0.25, -0.2) is 4.79 Å². The Morgan fingerprint density at radius 2 is 1.55 bits per heavy atom. The second-order valence-corrected chi connectivity index (χ2v) is 7.51. The molecule has 0 saturated heterocycles. The summed E-state index contributed by atoms with van der Waals surface area (Å²) < 4.78 is 16.2. The standard InChI is InChI=1S/C27H25NO5/c1-31-25-14-18(16-29)15-26(32-2)23(25)12-7-13-28-27(30)33-17-24-21-10-5-3-8-19(21)20-9-4-6-11-22(20)24/h3-6,8-11,14-15,24,29H,13,16-17H2,1-2H3,(H,28,30). The largest absolute Gasteiger partial charge is 0.495 e. The molecule has 0 heterocycles. The molecule has 2 N–H and O–H groups in total. The van der Waals surface area contributed by atoms with E-state index in [0.717, 1.165) is 11.1 Å². The first-order valence-electron chi connectivity index (χ1n) is 10.6. The maximum Gasteiger partial charge on any atom is 0.407 e. The van der Waals surface area contributed by atoms with Crippen LogP contribution in [-0.4, -0.2) is 38.6 Å². The number of nitrogens with one attached hydrogen (secondary N) is 1. The Hall–Kier alpha value is -3.95. The number of ether oxygens (including phenoxy) is 3. The smallest absolute Gasteiger partial charge is 0.407 e. The van der Waals surface area contributed by atoms with Crippen molar-refractivity contribution in [3.05, 3.63) is 82.9 Å². The average molecular weight is 443 g/mol. The van der Waals surface area contributed by atoms with Crippen molar-refractivity contribution < 1.29 is 24.1 Å². The van der Waals surface area contributed by atoms with Crippen LogP contribution < -0.4 is 14.8 Å². The van der Waals surface area contributed by atoms with E-state index in [-0.39, 0.29) is 25.7 Å². The highest BCUT2D eigenvalue weighted by Crippen LogP contribution is 2.44. The zero-order chi connectivity index (χ0) is 23.2. The summed E-state index contributed by atoms with van der Waals surface area (Å²) in [5.74, 6) is 6.85. The Morgan fingerprint density at radius 3 is 2.09 bits per heavy atom. The molecule has 1 aliphatic rings. The van der Waals surface area contributed by atoms with Crippen molar-refractivity contribution in [3.8, 4) is 34.5 Å². The fraction of sp³-hybridized carbons (Fsp3) is 0.222. The maximum atomic E-state index is 12.3. The average Bonchev–Trinajstić information content (AvgIpc) is 3.18. The van der Waals surface area contributed by atoms with Gasteiger partial charge in [0.1, 0.15) is 23.7 Å². The van der Waals surface area contributed by atoms with Crippen LogP contribution in [0.3, 0.4) is 0 Å². The lowest BCUT2D eigenvalue weighted by Crippen LogP contribution is -2.26. The SMILES string of the molecule is COc1cc(CO)cc(OC)c1C#CCNC(=O)OCC1c2ccccc2-c2ccccc21. The Labute approximate surface area is 193 Å². The Bertz CT molecular complexity index is 1150. The number of methoxy groups -OCH3 is 2. The molecule has 0 radical (unpaired) electrons. The van der Waals surface area contributed by atoms with Gasteiger partial charge in [0.2, 0.25) is 0 Å². The molecule has 33 heavy (non-hydrogen) atoms. The molecular formula is C27H25NO5. The second kappa shape index (κ2) is 10.1. The van der Waals surface area contributed by atoms with Gasteiger partial charge in [-0.1, -0.05) is 60.4 Å². The van der Waals surface area contributed by atoms with E-state index in [2.05, 4.69) is 41.4 Å². The molecule has 0 fully saturated rings. The minimum absolute atomic E-state index is 0.00722. The van der Waals surface area contributed by atoms with Gasteiger partial charge in [0.15, 0.2) is 0 Å².